The second kappa shape index (κ2) is 8.89. The number of methoxy groups -OCH3 is 1. The number of nitrogens with one attached hydrogen (secondary N) is 3. The van der Waals surface area contributed by atoms with E-state index in [4.69, 9.17) is 4.74 Å². The van der Waals surface area contributed by atoms with Crippen LogP contribution in [0.25, 0.3) is 0 Å². The maximum Gasteiger partial charge on any atom is 0.319 e. The second-order valence-electron chi connectivity index (χ2n) is 6.01. The molecule has 26 heavy (non-hydrogen) atoms. The number of rotatable bonds is 6. The third kappa shape index (κ3) is 5.24. The van der Waals surface area contributed by atoms with Gasteiger partial charge in [0.1, 0.15) is 5.75 Å². The maximum absolute atomic E-state index is 12.4. The second-order valence-corrected chi connectivity index (χ2v) is 6.01. The lowest BCUT2D eigenvalue weighted by molar-refractivity contribution is -0.114. The predicted octanol–water partition coefficient (Wildman–Crippen LogP) is 4.10. The Balaban J connectivity index is 2.06. The highest BCUT2D eigenvalue weighted by atomic mass is 16.5. The molecule has 0 aliphatic carbocycles. The van der Waals surface area contributed by atoms with E-state index in [0.29, 0.717) is 17.1 Å². The fourth-order valence-corrected chi connectivity index (χ4v) is 2.57. The fraction of sp³-hybridized carbons (Fsp3) is 0.300. The van der Waals surface area contributed by atoms with E-state index in [2.05, 4.69) is 35.0 Å². The van der Waals surface area contributed by atoms with Gasteiger partial charge in [-0.1, -0.05) is 31.2 Å². The van der Waals surface area contributed by atoms with Crippen molar-refractivity contribution in [2.45, 2.75) is 33.2 Å². The number of hydrogen-bond donors (Lipinski definition) is 3. The van der Waals surface area contributed by atoms with Gasteiger partial charge in [-0.2, -0.15) is 0 Å². The molecule has 138 valence electrons. The molecule has 2 aromatic carbocycles. The molecule has 0 aliphatic rings. The summed E-state index contributed by atoms with van der Waals surface area (Å²) in [5, 5.41) is 8.35. The molecular weight excluding hydrogens is 330 g/mol. The van der Waals surface area contributed by atoms with Crippen LogP contribution in [-0.2, 0) is 11.2 Å². The summed E-state index contributed by atoms with van der Waals surface area (Å²) in [6.45, 7) is 5.45. The Morgan fingerprint density at radius 1 is 1.08 bits per heavy atom. The van der Waals surface area contributed by atoms with Gasteiger partial charge in [0.05, 0.1) is 18.8 Å². The summed E-state index contributed by atoms with van der Waals surface area (Å²) in [4.78, 5) is 23.6. The van der Waals surface area contributed by atoms with Crippen molar-refractivity contribution >= 4 is 23.3 Å². The Bertz CT molecular complexity index is 772. The monoisotopic (exact) mass is 355 g/mol. The first kappa shape index (κ1) is 19.3. The molecule has 0 spiro atoms. The van der Waals surface area contributed by atoms with E-state index >= 15 is 0 Å². The van der Waals surface area contributed by atoms with Crippen molar-refractivity contribution in [2.24, 2.45) is 0 Å². The van der Waals surface area contributed by atoms with Crippen molar-refractivity contribution in [3.05, 3.63) is 53.6 Å². The lowest BCUT2D eigenvalue weighted by Crippen LogP contribution is -2.31. The van der Waals surface area contributed by atoms with Gasteiger partial charge >= 0.3 is 6.03 Å². The first-order chi connectivity index (χ1) is 12.4. The average Bonchev–Trinajstić information content (AvgIpc) is 2.61. The number of carbonyl (C=O) groups excluding carboxylic acids is 2. The van der Waals surface area contributed by atoms with Crippen LogP contribution in [0.3, 0.4) is 0 Å². The first-order valence-electron chi connectivity index (χ1n) is 8.55. The summed E-state index contributed by atoms with van der Waals surface area (Å²) >= 11 is 0. The van der Waals surface area contributed by atoms with Crippen LogP contribution in [-0.4, -0.2) is 19.0 Å². The van der Waals surface area contributed by atoms with Gasteiger partial charge < -0.3 is 20.7 Å². The molecule has 3 N–H and O–H groups in total. The molecule has 1 atom stereocenters. The minimum absolute atomic E-state index is 0.148. The Morgan fingerprint density at radius 3 is 2.35 bits per heavy atom. The van der Waals surface area contributed by atoms with Crippen LogP contribution < -0.4 is 20.7 Å². The van der Waals surface area contributed by atoms with Gasteiger partial charge in [0, 0.05) is 12.6 Å². The Hall–Kier alpha value is -3.02. The lowest BCUT2D eigenvalue weighted by Gasteiger charge is -2.17. The third-order valence-corrected chi connectivity index (χ3v) is 4.00. The van der Waals surface area contributed by atoms with Crippen LogP contribution in [0.2, 0.25) is 0 Å². The van der Waals surface area contributed by atoms with Gasteiger partial charge in [0.2, 0.25) is 5.91 Å². The molecule has 0 aliphatic heterocycles. The van der Waals surface area contributed by atoms with Gasteiger partial charge in [0.15, 0.2) is 0 Å². The lowest BCUT2D eigenvalue weighted by atomic mass is 10.1. The average molecular weight is 355 g/mol. The normalized spacial score (nSPS) is 11.4. The molecule has 0 aromatic heterocycles. The van der Waals surface area contributed by atoms with Crippen LogP contribution in [0.5, 0.6) is 5.75 Å². The quantitative estimate of drug-likeness (QED) is 0.730. The third-order valence-electron chi connectivity index (χ3n) is 4.00. The largest absolute Gasteiger partial charge is 0.495 e. The molecule has 2 aromatic rings. The van der Waals surface area contributed by atoms with E-state index in [0.717, 1.165) is 12.0 Å². The molecule has 0 saturated carbocycles. The molecule has 2 rings (SSSR count). The Kier molecular flexibility index (Phi) is 6.60. The van der Waals surface area contributed by atoms with Crippen molar-refractivity contribution in [1.29, 1.82) is 0 Å². The predicted molar refractivity (Wildman–Crippen MR) is 104 cm³/mol. The van der Waals surface area contributed by atoms with Crippen LogP contribution >= 0.6 is 0 Å². The Morgan fingerprint density at radius 2 is 1.77 bits per heavy atom. The van der Waals surface area contributed by atoms with Crippen molar-refractivity contribution in [3.63, 3.8) is 0 Å². The van der Waals surface area contributed by atoms with Crippen LogP contribution in [0.1, 0.15) is 37.9 Å². The molecule has 1 unspecified atom stereocenters. The first-order valence-corrected chi connectivity index (χ1v) is 8.55. The minimum Gasteiger partial charge on any atom is -0.495 e. The number of hydrogen-bond acceptors (Lipinski definition) is 3. The van der Waals surface area contributed by atoms with Crippen molar-refractivity contribution in [3.8, 4) is 5.75 Å². The van der Waals surface area contributed by atoms with Gasteiger partial charge in [-0.3, -0.25) is 4.79 Å². The highest BCUT2D eigenvalue weighted by Gasteiger charge is 2.12. The van der Waals surface area contributed by atoms with Crippen LogP contribution in [0, 0.1) is 0 Å². The molecular formula is C20H25N3O3. The van der Waals surface area contributed by atoms with Gasteiger partial charge in [-0.25, -0.2) is 4.79 Å². The molecule has 6 nitrogen and oxygen atoms in total. The zero-order valence-electron chi connectivity index (χ0n) is 15.6. The minimum atomic E-state index is -0.352. The zero-order valence-corrected chi connectivity index (χ0v) is 15.6. The summed E-state index contributed by atoms with van der Waals surface area (Å²) in [5.41, 5.74) is 3.34. The molecule has 0 fully saturated rings. The number of aryl methyl sites for hydroxylation is 1. The van der Waals surface area contributed by atoms with Crippen molar-refractivity contribution < 1.29 is 14.3 Å². The number of amides is 3. The topological polar surface area (TPSA) is 79.5 Å². The Labute approximate surface area is 153 Å². The molecule has 0 heterocycles. The van der Waals surface area contributed by atoms with Crippen LogP contribution in [0.15, 0.2) is 42.5 Å². The van der Waals surface area contributed by atoms with Crippen LogP contribution in [0.4, 0.5) is 16.2 Å². The summed E-state index contributed by atoms with van der Waals surface area (Å²) in [6, 6.07) is 12.7. The van der Waals surface area contributed by atoms with E-state index in [9.17, 15) is 9.59 Å². The zero-order chi connectivity index (χ0) is 19.1. The number of ether oxygens (including phenoxy) is 1. The standard InChI is InChI=1S/C20H25N3O3/c1-5-15-6-8-16(9-7-15)13(2)21-20(25)23-18-12-17(22-14(3)24)10-11-19(18)26-4/h6-13H,5H2,1-4H3,(H,22,24)(H2,21,23,25). The van der Waals surface area contributed by atoms with E-state index < -0.39 is 0 Å². The number of anilines is 2. The summed E-state index contributed by atoms with van der Waals surface area (Å²) in [7, 11) is 1.52. The van der Waals surface area contributed by atoms with Gasteiger partial charge in [0.25, 0.3) is 0 Å². The summed E-state index contributed by atoms with van der Waals surface area (Å²) in [5.74, 6) is 0.323. The fourth-order valence-electron chi connectivity index (χ4n) is 2.57. The van der Waals surface area contributed by atoms with E-state index in [1.54, 1.807) is 18.2 Å². The number of urea groups is 1. The van der Waals surface area contributed by atoms with Crippen molar-refractivity contribution in [2.75, 3.05) is 17.7 Å². The summed E-state index contributed by atoms with van der Waals surface area (Å²) < 4.78 is 5.27. The molecule has 0 saturated heterocycles. The van der Waals surface area contributed by atoms with E-state index in [-0.39, 0.29) is 18.0 Å². The summed E-state index contributed by atoms with van der Waals surface area (Å²) in [6.07, 6.45) is 0.979. The molecule has 6 heteroatoms. The van der Waals surface area contributed by atoms with Crippen molar-refractivity contribution in [1.82, 2.24) is 5.32 Å². The number of carbonyl (C=O) groups is 2. The number of benzene rings is 2. The molecule has 0 radical (unpaired) electrons. The molecule has 3 amide bonds. The van der Waals surface area contributed by atoms with E-state index in [1.807, 2.05) is 19.1 Å². The smallest absolute Gasteiger partial charge is 0.319 e. The highest BCUT2D eigenvalue weighted by molar-refractivity contribution is 5.94. The SMILES string of the molecule is CCc1ccc(C(C)NC(=O)Nc2cc(NC(C)=O)ccc2OC)cc1. The van der Waals surface area contributed by atoms with Gasteiger partial charge in [-0.05, 0) is 42.7 Å². The van der Waals surface area contributed by atoms with E-state index in [1.165, 1.54) is 19.6 Å². The highest BCUT2D eigenvalue weighted by Crippen LogP contribution is 2.28. The maximum atomic E-state index is 12.4. The van der Waals surface area contributed by atoms with Gasteiger partial charge in [-0.15, -0.1) is 0 Å². The molecule has 0 bridgehead atoms.